The summed E-state index contributed by atoms with van der Waals surface area (Å²) in [4.78, 5) is 23.0. The predicted molar refractivity (Wildman–Crippen MR) is 66.8 cm³/mol. The number of hydrogen-bond donors (Lipinski definition) is 0. The van der Waals surface area contributed by atoms with Gasteiger partial charge < -0.3 is 4.74 Å². The minimum Gasteiger partial charge on any atom is -0.466 e. The summed E-state index contributed by atoms with van der Waals surface area (Å²) >= 11 is 11.8. The van der Waals surface area contributed by atoms with E-state index in [1.54, 1.807) is 19.9 Å². The number of halogens is 2. The zero-order chi connectivity index (χ0) is 13.0. The summed E-state index contributed by atoms with van der Waals surface area (Å²) < 4.78 is 4.70. The van der Waals surface area contributed by atoms with Gasteiger partial charge in [-0.05, 0) is 31.5 Å². The van der Waals surface area contributed by atoms with Crippen LogP contribution < -0.4 is 0 Å². The van der Waals surface area contributed by atoms with Crippen LogP contribution in [0, 0.1) is 6.92 Å². The molecule has 0 aliphatic heterocycles. The number of Topliss-reactive ketones (excluding diaryl/α,β-unsaturated/α-hetero) is 1. The van der Waals surface area contributed by atoms with Crippen LogP contribution in [0.25, 0.3) is 0 Å². The van der Waals surface area contributed by atoms with Crippen molar-refractivity contribution in [2.45, 2.75) is 20.3 Å². The van der Waals surface area contributed by atoms with E-state index in [0.29, 0.717) is 10.6 Å². The quantitative estimate of drug-likeness (QED) is 0.480. The number of hydrogen-bond acceptors (Lipinski definition) is 3. The molecule has 0 fully saturated rings. The van der Waals surface area contributed by atoms with Crippen LogP contribution in [0.4, 0.5) is 0 Å². The van der Waals surface area contributed by atoms with Gasteiger partial charge in [0.25, 0.3) is 0 Å². The normalized spacial score (nSPS) is 10.1. The number of ketones is 1. The van der Waals surface area contributed by atoms with Gasteiger partial charge in [-0.25, -0.2) is 0 Å². The lowest BCUT2D eigenvalue weighted by molar-refractivity contribution is -0.141. The molecular formula is C12H12Cl2O3. The van der Waals surface area contributed by atoms with Crippen LogP contribution in [-0.4, -0.2) is 18.4 Å². The van der Waals surface area contributed by atoms with E-state index in [4.69, 9.17) is 27.9 Å². The summed E-state index contributed by atoms with van der Waals surface area (Å²) in [7, 11) is 0. The minimum absolute atomic E-state index is 0.245. The number of aryl methyl sites for hydroxylation is 1. The largest absolute Gasteiger partial charge is 0.466 e. The Balaban J connectivity index is 2.89. The molecule has 1 aromatic rings. The molecule has 0 amide bonds. The van der Waals surface area contributed by atoms with E-state index in [9.17, 15) is 9.59 Å². The molecule has 0 aromatic heterocycles. The van der Waals surface area contributed by atoms with Crippen LogP contribution in [-0.2, 0) is 9.53 Å². The Morgan fingerprint density at radius 2 is 1.88 bits per heavy atom. The van der Waals surface area contributed by atoms with E-state index >= 15 is 0 Å². The van der Waals surface area contributed by atoms with E-state index in [0.717, 1.165) is 5.56 Å². The third kappa shape index (κ3) is 3.72. The van der Waals surface area contributed by atoms with Crippen molar-refractivity contribution in [1.29, 1.82) is 0 Å². The monoisotopic (exact) mass is 274 g/mol. The van der Waals surface area contributed by atoms with Gasteiger partial charge in [-0.2, -0.15) is 0 Å². The van der Waals surface area contributed by atoms with Gasteiger partial charge in [0, 0.05) is 10.6 Å². The Morgan fingerprint density at radius 3 is 2.47 bits per heavy atom. The van der Waals surface area contributed by atoms with Crippen molar-refractivity contribution >= 4 is 35.0 Å². The average molecular weight is 275 g/mol. The lowest BCUT2D eigenvalue weighted by Crippen LogP contribution is -2.12. The molecule has 92 valence electrons. The van der Waals surface area contributed by atoms with Gasteiger partial charge >= 0.3 is 5.97 Å². The SMILES string of the molecule is CCOC(=O)CC(=O)c1cc(C)c(Cl)cc1Cl. The second-order valence-corrected chi connectivity index (χ2v) is 4.30. The van der Waals surface area contributed by atoms with Gasteiger partial charge in [0.2, 0.25) is 0 Å². The van der Waals surface area contributed by atoms with Crippen molar-refractivity contribution in [2.24, 2.45) is 0 Å². The summed E-state index contributed by atoms with van der Waals surface area (Å²) in [5.74, 6) is -0.922. The fourth-order valence-electron chi connectivity index (χ4n) is 1.31. The molecule has 0 N–H and O–H groups in total. The first-order chi connectivity index (χ1) is 7.95. The van der Waals surface area contributed by atoms with Gasteiger partial charge in [-0.15, -0.1) is 0 Å². The van der Waals surface area contributed by atoms with Crippen LogP contribution in [0.2, 0.25) is 10.0 Å². The highest BCUT2D eigenvalue weighted by atomic mass is 35.5. The topological polar surface area (TPSA) is 43.4 Å². The third-order valence-corrected chi connectivity index (χ3v) is 2.88. The molecule has 0 saturated heterocycles. The maximum absolute atomic E-state index is 11.8. The van der Waals surface area contributed by atoms with Crippen LogP contribution in [0.3, 0.4) is 0 Å². The molecule has 0 atom stereocenters. The van der Waals surface area contributed by atoms with Crippen molar-refractivity contribution in [2.75, 3.05) is 6.61 Å². The summed E-state index contributed by atoms with van der Waals surface area (Å²) in [6, 6.07) is 3.07. The maximum Gasteiger partial charge on any atom is 0.313 e. The lowest BCUT2D eigenvalue weighted by Gasteiger charge is -2.06. The van der Waals surface area contributed by atoms with Gasteiger partial charge in [-0.3, -0.25) is 9.59 Å². The molecule has 0 saturated carbocycles. The number of carbonyl (C=O) groups excluding carboxylic acids is 2. The second kappa shape index (κ2) is 6.03. The number of rotatable bonds is 4. The molecule has 0 heterocycles. The van der Waals surface area contributed by atoms with Crippen molar-refractivity contribution in [3.8, 4) is 0 Å². The van der Waals surface area contributed by atoms with Crippen LogP contribution in [0.1, 0.15) is 29.3 Å². The fourth-order valence-corrected chi connectivity index (χ4v) is 1.80. The highest BCUT2D eigenvalue weighted by Gasteiger charge is 2.16. The molecule has 17 heavy (non-hydrogen) atoms. The molecule has 1 aromatic carbocycles. The molecule has 0 aliphatic carbocycles. The molecule has 5 heteroatoms. The highest BCUT2D eigenvalue weighted by Crippen LogP contribution is 2.25. The van der Waals surface area contributed by atoms with Crippen molar-refractivity contribution in [3.05, 3.63) is 33.3 Å². The average Bonchev–Trinajstić information content (AvgIpc) is 2.23. The van der Waals surface area contributed by atoms with Crippen LogP contribution in [0.5, 0.6) is 0 Å². The summed E-state index contributed by atoms with van der Waals surface area (Å²) in [5, 5.41) is 0.734. The van der Waals surface area contributed by atoms with E-state index in [1.807, 2.05) is 0 Å². The van der Waals surface area contributed by atoms with E-state index in [2.05, 4.69) is 0 Å². The number of ether oxygens (including phenoxy) is 1. The van der Waals surface area contributed by atoms with E-state index < -0.39 is 5.97 Å². The van der Waals surface area contributed by atoms with E-state index in [1.165, 1.54) is 6.07 Å². The molecule has 0 unspecified atom stereocenters. The molecule has 0 spiro atoms. The summed E-state index contributed by atoms with van der Waals surface area (Å²) in [6.45, 7) is 3.70. The van der Waals surface area contributed by atoms with Gasteiger partial charge in [-0.1, -0.05) is 23.2 Å². The molecule has 0 radical (unpaired) electrons. The van der Waals surface area contributed by atoms with Crippen molar-refractivity contribution in [1.82, 2.24) is 0 Å². The number of esters is 1. The van der Waals surface area contributed by atoms with E-state index in [-0.39, 0.29) is 23.8 Å². The number of benzene rings is 1. The zero-order valence-corrected chi connectivity index (χ0v) is 11.1. The predicted octanol–water partition coefficient (Wildman–Crippen LogP) is 3.44. The first kappa shape index (κ1) is 14.0. The van der Waals surface area contributed by atoms with Gasteiger partial charge in [0.1, 0.15) is 6.42 Å². The fraction of sp³-hybridized carbons (Fsp3) is 0.333. The molecular weight excluding hydrogens is 263 g/mol. The Bertz CT molecular complexity index is 455. The summed E-state index contributed by atoms with van der Waals surface area (Å²) in [6.07, 6.45) is -0.311. The first-order valence-electron chi connectivity index (χ1n) is 5.10. The van der Waals surface area contributed by atoms with Crippen molar-refractivity contribution < 1.29 is 14.3 Å². The highest BCUT2D eigenvalue weighted by molar-refractivity contribution is 6.37. The second-order valence-electron chi connectivity index (χ2n) is 3.49. The third-order valence-electron chi connectivity index (χ3n) is 2.16. The molecule has 0 bridgehead atoms. The Morgan fingerprint density at radius 1 is 1.24 bits per heavy atom. The van der Waals surface area contributed by atoms with Gasteiger partial charge in [0.05, 0.1) is 11.6 Å². The van der Waals surface area contributed by atoms with Crippen molar-refractivity contribution in [3.63, 3.8) is 0 Å². The van der Waals surface area contributed by atoms with Gasteiger partial charge in [0.15, 0.2) is 5.78 Å². The Labute approximate surface area is 110 Å². The molecule has 0 aliphatic rings. The smallest absolute Gasteiger partial charge is 0.313 e. The maximum atomic E-state index is 11.8. The van der Waals surface area contributed by atoms with Crippen LogP contribution in [0.15, 0.2) is 12.1 Å². The molecule has 1 rings (SSSR count). The first-order valence-corrected chi connectivity index (χ1v) is 5.85. The number of carbonyl (C=O) groups is 2. The Hall–Kier alpha value is -1.06. The molecule has 3 nitrogen and oxygen atoms in total. The van der Waals surface area contributed by atoms with Crippen LogP contribution >= 0.6 is 23.2 Å². The zero-order valence-electron chi connectivity index (χ0n) is 9.55. The Kier molecular flexibility index (Phi) is 4.97. The minimum atomic E-state index is -0.554. The summed E-state index contributed by atoms with van der Waals surface area (Å²) in [5.41, 5.74) is 1.03. The standard InChI is InChI=1S/C12H12Cl2O3/c1-3-17-12(16)6-11(15)8-4-7(2)9(13)5-10(8)14/h4-5H,3,6H2,1-2H3. The lowest BCUT2D eigenvalue weighted by atomic mass is 10.1.